The summed E-state index contributed by atoms with van der Waals surface area (Å²) in [6, 6.07) is 0. The molecular weight excluding hydrogens is 125 g/mol. The predicted molar refractivity (Wildman–Crippen MR) is 23.5 cm³/mol. The zero-order valence-electron chi connectivity index (χ0n) is 3.25. The number of thiocarbonyl (C=S) groups is 1. The Labute approximate surface area is 44.3 Å². The van der Waals surface area contributed by atoms with E-state index in [1.54, 1.807) is 0 Å². The lowest BCUT2D eigenvalue weighted by Crippen LogP contribution is -2.18. The Hall–Kier alpha value is -0.120. The van der Waals surface area contributed by atoms with Crippen LogP contribution in [0.4, 0.5) is 13.2 Å². The van der Waals surface area contributed by atoms with Gasteiger partial charge in [0.1, 0.15) is 5.37 Å². The quantitative estimate of drug-likeness (QED) is 0.506. The van der Waals surface area contributed by atoms with Gasteiger partial charge in [0.05, 0.1) is 0 Å². The number of hydrogen-bond donors (Lipinski definition) is 0. The SMILES string of the molecule is FCC(F)(F)[C]=S. The Morgan fingerprint density at radius 2 is 2.00 bits per heavy atom. The second kappa shape index (κ2) is 2.26. The summed E-state index contributed by atoms with van der Waals surface area (Å²) >= 11 is 3.65. The van der Waals surface area contributed by atoms with Gasteiger partial charge in [0.15, 0.2) is 6.67 Å². The fraction of sp³-hybridized carbons (Fsp3) is 0.667. The molecule has 0 saturated heterocycles. The fourth-order valence-electron chi connectivity index (χ4n) is 0.0273. The van der Waals surface area contributed by atoms with Crippen molar-refractivity contribution in [3.63, 3.8) is 0 Å². The zero-order chi connectivity index (χ0) is 5.91. The van der Waals surface area contributed by atoms with Crippen LogP contribution in [0.1, 0.15) is 0 Å². The molecular formula is C3H2F3S. The number of halogens is 3. The first-order valence-corrected chi connectivity index (χ1v) is 1.86. The Bertz CT molecular complexity index is 70.6. The van der Waals surface area contributed by atoms with E-state index in [1.165, 1.54) is 0 Å². The van der Waals surface area contributed by atoms with Gasteiger partial charge < -0.3 is 0 Å². The molecule has 0 amide bonds. The van der Waals surface area contributed by atoms with Gasteiger partial charge in [0.25, 0.3) is 0 Å². The van der Waals surface area contributed by atoms with Crippen LogP contribution in [0.25, 0.3) is 0 Å². The van der Waals surface area contributed by atoms with Crippen molar-refractivity contribution < 1.29 is 13.2 Å². The summed E-state index contributed by atoms with van der Waals surface area (Å²) in [5.74, 6) is -3.52. The van der Waals surface area contributed by atoms with Gasteiger partial charge in [0.2, 0.25) is 0 Å². The molecule has 0 aromatic carbocycles. The Kier molecular flexibility index (Phi) is 2.22. The van der Waals surface area contributed by atoms with E-state index in [0.717, 1.165) is 5.37 Å². The maximum atomic E-state index is 11.3. The van der Waals surface area contributed by atoms with Crippen LogP contribution < -0.4 is 0 Å². The molecule has 4 heteroatoms. The van der Waals surface area contributed by atoms with Gasteiger partial charge in [-0.15, -0.1) is 0 Å². The molecule has 0 aliphatic heterocycles. The minimum Gasteiger partial charge on any atom is -0.244 e. The molecule has 0 heterocycles. The lowest BCUT2D eigenvalue weighted by atomic mass is 10.4. The van der Waals surface area contributed by atoms with E-state index in [9.17, 15) is 13.2 Å². The third-order valence-electron chi connectivity index (χ3n) is 0.317. The molecule has 7 heavy (non-hydrogen) atoms. The van der Waals surface area contributed by atoms with Gasteiger partial charge in [-0.2, -0.15) is 8.78 Å². The maximum Gasteiger partial charge on any atom is 0.312 e. The standard InChI is InChI=1S/C3H2F3S/c4-1-3(5,6)2-7/h1H2. The topological polar surface area (TPSA) is 0 Å². The first-order chi connectivity index (χ1) is 3.12. The Morgan fingerprint density at radius 1 is 1.57 bits per heavy atom. The second-order valence-corrected chi connectivity index (χ2v) is 1.14. The number of alkyl halides is 3. The van der Waals surface area contributed by atoms with E-state index < -0.39 is 12.6 Å². The summed E-state index contributed by atoms with van der Waals surface area (Å²) in [7, 11) is 0. The van der Waals surface area contributed by atoms with Gasteiger partial charge in [-0.1, -0.05) is 12.2 Å². The van der Waals surface area contributed by atoms with Crippen LogP contribution in [0.5, 0.6) is 0 Å². The molecule has 0 saturated carbocycles. The fourth-order valence-corrected chi connectivity index (χ4v) is 0.0818. The summed E-state index contributed by atoms with van der Waals surface area (Å²) in [6.07, 6.45) is 0. The molecule has 0 aromatic rings. The van der Waals surface area contributed by atoms with Crippen LogP contribution in [0.3, 0.4) is 0 Å². The van der Waals surface area contributed by atoms with E-state index in [1.807, 2.05) is 0 Å². The van der Waals surface area contributed by atoms with Crippen molar-refractivity contribution in [3.05, 3.63) is 0 Å². The number of rotatable bonds is 2. The molecule has 0 nitrogen and oxygen atoms in total. The van der Waals surface area contributed by atoms with Crippen LogP contribution in [0, 0.1) is 0 Å². The lowest BCUT2D eigenvalue weighted by molar-refractivity contribution is 0.0561. The van der Waals surface area contributed by atoms with Crippen molar-refractivity contribution in [3.8, 4) is 0 Å². The first-order valence-electron chi connectivity index (χ1n) is 1.45. The molecule has 41 valence electrons. The highest BCUT2D eigenvalue weighted by Gasteiger charge is 2.25. The Morgan fingerprint density at radius 3 is 2.00 bits per heavy atom. The van der Waals surface area contributed by atoms with Crippen molar-refractivity contribution in [2.24, 2.45) is 0 Å². The summed E-state index contributed by atoms with van der Waals surface area (Å²) in [6.45, 7) is -1.75. The molecule has 0 atom stereocenters. The highest BCUT2D eigenvalue weighted by atomic mass is 32.1. The molecule has 0 spiro atoms. The van der Waals surface area contributed by atoms with E-state index in [-0.39, 0.29) is 0 Å². The minimum atomic E-state index is -3.52. The van der Waals surface area contributed by atoms with Crippen LogP contribution in [0.2, 0.25) is 0 Å². The monoisotopic (exact) mass is 127 g/mol. The van der Waals surface area contributed by atoms with Crippen molar-refractivity contribution >= 4 is 17.6 Å². The van der Waals surface area contributed by atoms with Crippen LogP contribution in [0.15, 0.2) is 0 Å². The number of hydrogen-bond acceptors (Lipinski definition) is 1. The smallest absolute Gasteiger partial charge is 0.244 e. The molecule has 0 N–H and O–H groups in total. The molecule has 0 aromatic heterocycles. The maximum absolute atomic E-state index is 11.3. The third kappa shape index (κ3) is 2.56. The Balaban J connectivity index is 3.58. The van der Waals surface area contributed by atoms with Crippen molar-refractivity contribution in [1.29, 1.82) is 0 Å². The molecule has 0 aliphatic rings. The van der Waals surface area contributed by atoms with Crippen LogP contribution in [-0.4, -0.2) is 18.0 Å². The molecule has 0 rings (SSSR count). The van der Waals surface area contributed by atoms with Crippen molar-refractivity contribution in [1.82, 2.24) is 0 Å². The molecule has 0 fully saturated rings. The molecule has 0 aliphatic carbocycles. The van der Waals surface area contributed by atoms with E-state index in [4.69, 9.17) is 0 Å². The molecule has 1 radical (unpaired) electrons. The van der Waals surface area contributed by atoms with Gasteiger partial charge in [-0.05, 0) is 0 Å². The predicted octanol–water partition coefficient (Wildman–Crippen LogP) is 1.47. The van der Waals surface area contributed by atoms with Gasteiger partial charge in [-0.25, -0.2) is 4.39 Å². The summed E-state index contributed by atoms with van der Waals surface area (Å²) < 4.78 is 33.5. The summed E-state index contributed by atoms with van der Waals surface area (Å²) in [5.41, 5.74) is 0. The zero-order valence-corrected chi connectivity index (χ0v) is 4.07. The van der Waals surface area contributed by atoms with E-state index in [2.05, 4.69) is 12.2 Å². The highest BCUT2D eigenvalue weighted by molar-refractivity contribution is 7.79. The summed E-state index contributed by atoms with van der Waals surface area (Å²) in [5, 5.41) is 1.07. The van der Waals surface area contributed by atoms with E-state index in [0.29, 0.717) is 0 Å². The second-order valence-electron chi connectivity index (χ2n) is 0.940. The van der Waals surface area contributed by atoms with Gasteiger partial charge in [0, 0.05) is 0 Å². The third-order valence-corrected chi connectivity index (χ3v) is 0.616. The normalized spacial score (nSPS) is 11.3. The minimum absolute atomic E-state index is 1.07. The average Bonchev–Trinajstić information content (AvgIpc) is 1.68. The van der Waals surface area contributed by atoms with E-state index >= 15 is 0 Å². The first kappa shape index (κ1) is 6.88. The van der Waals surface area contributed by atoms with Crippen molar-refractivity contribution in [2.45, 2.75) is 5.92 Å². The van der Waals surface area contributed by atoms with Crippen LogP contribution in [-0.2, 0) is 0 Å². The summed E-state index contributed by atoms with van der Waals surface area (Å²) in [4.78, 5) is 0. The highest BCUT2D eigenvalue weighted by Crippen LogP contribution is 2.09. The molecule has 0 bridgehead atoms. The van der Waals surface area contributed by atoms with Crippen LogP contribution >= 0.6 is 12.2 Å². The van der Waals surface area contributed by atoms with Gasteiger partial charge in [-0.3, -0.25) is 0 Å². The largest absolute Gasteiger partial charge is 0.312 e. The molecule has 0 unspecified atom stereocenters. The average molecular weight is 127 g/mol. The van der Waals surface area contributed by atoms with Crippen molar-refractivity contribution in [2.75, 3.05) is 6.67 Å². The van der Waals surface area contributed by atoms with Gasteiger partial charge >= 0.3 is 5.92 Å². The lowest BCUT2D eigenvalue weighted by Gasteiger charge is -1.99.